The molecule has 0 fully saturated rings. The first kappa shape index (κ1) is 11.6. The average molecular weight is 282 g/mol. The number of nitrogens with two attached hydrogens (primary N) is 1. The number of hydrogen-bond acceptors (Lipinski definition) is 2. The fraction of sp³-hybridized carbons (Fsp3) is 0.417. The van der Waals surface area contributed by atoms with Crippen molar-refractivity contribution < 1.29 is 0 Å². The molecule has 1 aromatic carbocycles. The summed E-state index contributed by atoms with van der Waals surface area (Å²) >= 11 is 3.46. The first-order valence-corrected chi connectivity index (χ1v) is 6.25. The highest BCUT2D eigenvalue weighted by Gasteiger charge is 2.09. The lowest BCUT2D eigenvalue weighted by atomic mass is 9.97. The molecule has 1 atom stereocenters. The third-order valence-corrected chi connectivity index (χ3v) is 3.58. The van der Waals surface area contributed by atoms with E-state index in [9.17, 15) is 0 Å². The van der Waals surface area contributed by atoms with Crippen LogP contribution in [-0.4, -0.2) is 16.3 Å². The molecule has 2 rings (SSSR count). The van der Waals surface area contributed by atoms with Gasteiger partial charge in [0.2, 0.25) is 0 Å². The molecule has 4 heteroatoms. The standard InChI is InChI=1S/C12H16BrN3/c1-8(5-6-14)9-3-4-10-11(7-9)16(2)15-12(10)13/h3-4,7-8H,5-6,14H2,1-2H3. The molecular formula is C12H16BrN3. The van der Waals surface area contributed by atoms with Gasteiger partial charge >= 0.3 is 0 Å². The normalized spacial score (nSPS) is 13.2. The van der Waals surface area contributed by atoms with Crippen LogP contribution < -0.4 is 5.73 Å². The van der Waals surface area contributed by atoms with E-state index in [1.165, 1.54) is 5.56 Å². The van der Waals surface area contributed by atoms with E-state index in [2.05, 4.69) is 46.2 Å². The molecule has 0 aliphatic heterocycles. The number of fused-ring (bicyclic) bond motifs is 1. The second kappa shape index (κ2) is 4.55. The van der Waals surface area contributed by atoms with E-state index >= 15 is 0 Å². The van der Waals surface area contributed by atoms with Gasteiger partial charge in [-0.05, 0) is 52.5 Å². The minimum atomic E-state index is 0.503. The summed E-state index contributed by atoms with van der Waals surface area (Å²) in [6.07, 6.45) is 1.02. The van der Waals surface area contributed by atoms with Gasteiger partial charge in [-0.25, -0.2) is 0 Å². The molecule has 1 heterocycles. The Morgan fingerprint density at radius 3 is 2.94 bits per heavy atom. The summed E-state index contributed by atoms with van der Waals surface area (Å²) in [5.41, 5.74) is 8.08. The van der Waals surface area contributed by atoms with Gasteiger partial charge in [0.1, 0.15) is 4.60 Å². The third-order valence-electron chi connectivity index (χ3n) is 3.00. The Morgan fingerprint density at radius 2 is 2.25 bits per heavy atom. The topological polar surface area (TPSA) is 43.8 Å². The molecule has 0 bridgehead atoms. The SMILES string of the molecule is CC(CCN)c1ccc2c(Br)nn(C)c2c1. The van der Waals surface area contributed by atoms with Gasteiger partial charge in [0.05, 0.1) is 5.52 Å². The maximum Gasteiger partial charge on any atom is 0.135 e. The quantitative estimate of drug-likeness (QED) is 0.940. The highest BCUT2D eigenvalue weighted by molar-refractivity contribution is 9.10. The molecule has 0 spiro atoms. The first-order chi connectivity index (χ1) is 7.63. The summed E-state index contributed by atoms with van der Waals surface area (Å²) in [6.45, 7) is 2.94. The van der Waals surface area contributed by atoms with E-state index in [1.54, 1.807) is 0 Å². The Hall–Kier alpha value is -0.870. The van der Waals surface area contributed by atoms with Gasteiger partial charge in [-0.3, -0.25) is 4.68 Å². The van der Waals surface area contributed by atoms with Crippen LogP contribution in [0.1, 0.15) is 24.8 Å². The van der Waals surface area contributed by atoms with E-state index in [0.29, 0.717) is 5.92 Å². The van der Waals surface area contributed by atoms with Crippen LogP contribution in [0.15, 0.2) is 22.8 Å². The maximum absolute atomic E-state index is 5.59. The van der Waals surface area contributed by atoms with Crippen LogP contribution in [0.2, 0.25) is 0 Å². The number of hydrogen-bond donors (Lipinski definition) is 1. The second-order valence-corrected chi connectivity index (χ2v) is 4.92. The van der Waals surface area contributed by atoms with Gasteiger partial charge in [-0.2, -0.15) is 5.10 Å². The number of nitrogens with zero attached hydrogens (tertiary/aromatic N) is 2. The number of halogens is 1. The van der Waals surface area contributed by atoms with Crippen molar-refractivity contribution in [1.29, 1.82) is 0 Å². The van der Waals surface area contributed by atoms with Crippen LogP contribution in [0, 0.1) is 0 Å². The largest absolute Gasteiger partial charge is 0.330 e. The molecule has 16 heavy (non-hydrogen) atoms. The van der Waals surface area contributed by atoms with E-state index < -0.39 is 0 Å². The predicted octanol–water partition coefficient (Wildman–Crippen LogP) is 2.79. The third kappa shape index (κ3) is 1.99. The van der Waals surface area contributed by atoms with E-state index in [0.717, 1.165) is 28.5 Å². The van der Waals surface area contributed by atoms with Gasteiger partial charge < -0.3 is 5.73 Å². The Bertz CT molecular complexity index is 504. The van der Waals surface area contributed by atoms with Gasteiger partial charge in [0.15, 0.2) is 0 Å². The fourth-order valence-corrected chi connectivity index (χ4v) is 2.53. The second-order valence-electron chi connectivity index (χ2n) is 4.17. The van der Waals surface area contributed by atoms with Crippen molar-refractivity contribution in [1.82, 2.24) is 9.78 Å². The van der Waals surface area contributed by atoms with Gasteiger partial charge in [0.25, 0.3) is 0 Å². The summed E-state index contributed by atoms with van der Waals surface area (Å²) in [5.74, 6) is 0.503. The zero-order valence-corrected chi connectivity index (χ0v) is 11.2. The van der Waals surface area contributed by atoms with Crippen LogP contribution in [0.25, 0.3) is 10.9 Å². The Labute approximate surface area is 104 Å². The highest BCUT2D eigenvalue weighted by Crippen LogP contribution is 2.27. The predicted molar refractivity (Wildman–Crippen MR) is 70.5 cm³/mol. The van der Waals surface area contributed by atoms with Crippen molar-refractivity contribution in [3.63, 3.8) is 0 Å². The number of aryl methyl sites for hydroxylation is 1. The van der Waals surface area contributed by atoms with Crippen LogP contribution >= 0.6 is 15.9 Å². The summed E-state index contributed by atoms with van der Waals surface area (Å²) in [4.78, 5) is 0. The van der Waals surface area contributed by atoms with Crippen molar-refractivity contribution >= 4 is 26.8 Å². The monoisotopic (exact) mass is 281 g/mol. The number of benzene rings is 1. The molecular weight excluding hydrogens is 266 g/mol. The first-order valence-electron chi connectivity index (χ1n) is 5.45. The minimum absolute atomic E-state index is 0.503. The molecule has 86 valence electrons. The molecule has 0 aliphatic rings. The molecule has 0 amide bonds. The smallest absolute Gasteiger partial charge is 0.135 e. The molecule has 0 radical (unpaired) electrons. The lowest BCUT2D eigenvalue weighted by Crippen LogP contribution is -2.04. The lowest BCUT2D eigenvalue weighted by molar-refractivity contribution is 0.690. The molecule has 0 aliphatic carbocycles. The molecule has 0 saturated carbocycles. The lowest BCUT2D eigenvalue weighted by Gasteiger charge is -2.10. The van der Waals surface area contributed by atoms with Crippen molar-refractivity contribution in [3.8, 4) is 0 Å². The summed E-state index contributed by atoms with van der Waals surface area (Å²) in [5, 5.41) is 5.50. The summed E-state index contributed by atoms with van der Waals surface area (Å²) < 4.78 is 2.81. The maximum atomic E-state index is 5.59. The molecule has 2 aromatic rings. The van der Waals surface area contributed by atoms with Crippen molar-refractivity contribution in [3.05, 3.63) is 28.4 Å². The van der Waals surface area contributed by atoms with Crippen molar-refractivity contribution in [2.24, 2.45) is 12.8 Å². The number of aromatic nitrogens is 2. The molecule has 1 unspecified atom stereocenters. The Kier molecular flexibility index (Phi) is 3.30. The summed E-state index contributed by atoms with van der Waals surface area (Å²) in [6, 6.07) is 6.48. The average Bonchev–Trinajstić information content (AvgIpc) is 2.55. The van der Waals surface area contributed by atoms with Crippen LogP contribution in [0.3, 0.4) is 0 Å². The molecule has 1 aromatic heterocycles. The molecule has 0 saturated heterocycles. The zero-order valence-electron chi connectivity index (χ0n) is 9.57. The van der Waals surface area contributed by atoms with Gasteiger partial charge in [0, 0.05) is 12.4 Å². The Morgan fingerprint density at radius 1 is 1.50 bits per heavy atom. The van der Waals surface area contributed by atoms with Gasteiger partial charge in [-0.15, -0.1) is 0 Å². The number of rotatable bonds is 3. The molecule has 3 nitrogen and oxygen atoms in total. The van der Waals surface area contributed by atoms with E-state index in [1.807, 2.05) is 11.7 Å². The van der Waals surface area contributed by atoms with Crippen LogP contribution in [0.4, 0.5) is 0 Å². The highest BCUT2D eigenvalue weighted by atomic mass is 79.9. The van der Waals surface area contributed by atoms with Crippen molar-refractivity contribution in [2.45, 2.75) is 19.3 Å². The van der Waals surface area contributed by atoms with Crippen molar-refractivity contribution in [2.75, 3.05) is 6.54 Å². The fourth-order valence-electron chi connectivity index (χ4n) is 1.95. The van der Waals surface area contributed by atoms with E-state index in [4.69, 9.17) is 5.73 Å². The van der Waals surface area contributed by atoms with Crippen LogP contribution in [-0.2, 0) is 7.05 Å². The summed E-state index contributed by atoms with van der Waals surface area (Å²) in [7, 11) is 1.96. The van der Waals surface area contributed by atoms with E-state index in [-0.39, 0.29) is 0 Å². The Balaban J connectivity index is 2.47. The zero-order chi connectivity index (χ0) is 11.7. The minimum Gasteiger partial charge on any atom is -0.330 e. The molecule has 2 N–H and O–H groups in total. The van der Waals surface area contributed by atoms with Crippen LogP contribution in [0.5, 0.6) is 0 Å². The van der Waals surface area contributed by atoms with Gasteiger partial charge in [-0.1, -0.05) is 13.0 Å².